The number of anilines is 1. The molecule has 2 N–H and O–H groups in total. The van der Waals surface area contributed by atoms with Gasteiger partial charge < -0.3 is 10.1 Å². The zero-order chi connectivity index (χ0) is 18.6. The monoisotopic (exact) mass is 382 g/mol. The highest BCUT2D eigenvalue weighted by molar-refractivity contribution is 7.89. The minimum absolute atomic E-state index is 0.0479. The number of benzene rings is 2. The summed E-state index contributed by atoms with van der Waals surface area (Å²) in [7, 11) is -2.47. The number of hydrogen-bond donors (Lipinski definition) is 2. The Morgan fingerprint density at radius 2 is 1.80 bits per heavy atom. The Bertz CT molecular complexity index is 867. The fourth-order valence-corrected chi connectivity index (χ4v) is 3.61. The molecule has 6 nitrogen and oxygen atoms in total. The van der Waals surface area contributed by atoms with Crippen LogP contribution in [0.4, 0.5) is 5.69 Å². The molecule has 8 heteroatoms. The molecular formula is C17H19ClN2O4S. The molecule has 0 unspecified atom stereocenters. The van der Waals surface area contributed by atoms with Crippen molar-refractivity contribution in [1.29, 1.82) is 0 Å². The summed E-state index contributed by atoms with van der Waals surface area (Å²) < 4.78 is 32.1. The van der Waals surface area contributed by atoms with Crippen LogP contribution in [0.2, 0.25) is 5.02 Å². The van der Waals surface area contributed by atoms with E-state index in [4.69, 9.17) is 16.3 Å². The van der Waals surface area contributed by atoms with Crippen LogP contribution >= 0.6 is 11.6 Å². The van der Waals surface area contributed by atoms with E-state index in [0.717, 1.165) is 5.56 Å². The number of nitrogens with one attached hydrogen (secondary N) is 2. The number of halogens is 1. The molecular weight excluding hydrogens is 364 g/mol. The summed E-state index contributed by atoms with van der Waals surface area (Å²) in [5, 5.41) is 2.83. The van der Waals surface area contributed by atoms with Gasteiger partial charge in [0.25, 0.3) is 0 Å². The third-order valence-corrected chi connectivity index (χ3v) is 5.31. The van der Waals surface area contributed by atoms with Gasteiger partial charge >= 0.3 is 0 Å². The molecule has 0 aromatic heterocycles. The summed E-state index contributed by atoms with van der Waals surface area (Å²) in [4.78, 5) is 12.1. The minimum Gasteiger partial charge on any atom is -0.495 e. The Morgan fingerprint density at radius 3 is 2.36 bits per heavy atom. The van der Waals surface area contributed by atoms with Crippen molar-refractivity contribution in [2.45, 2.75) is 24.8 Å². The number of ether oxygens (including phenoxy) is 1. The topological polar surface area (TPSA) is 84.5 Å². The van der Waals surface area contributed by atoms with Crippen LogP contribution in [-0.2, 0) is 14.8 Å². The molecule has 1 amide bonds. The predicted octanol–water partition coefficient (Wildman–Crippen LogP) is 2.96. The quantitative estimate of drug-likeness (QED) is 0.804. The van der Waals surface area contributed by atoms with E-state index in [9.17, 15) is 13.2 Å². The largest absolute Gasteiger partial charge is 0.495 e. The molecule has 0 bridgehead atoms. The normalized spacial score (nSPS) is 12.5. The van der Waals surface area contributed by atoms with Crippen molar-refractivity contribution in [2.75, 3.05) is 12.4 Å². The van der Waals surface area contributed by atoms with Gasteiger partial charge in [0, 0.05) is 5.69 Å². The van der Waals surface area contributed by atoms with Crippen LogP contribution in [0.3, 0.4) is 0 Å². The molecule has 0 aliphatic carbocycles. The second-order valence-electron chi connectivity index (χ2n) is 5.49. The standard InChI is InChI=1S/C17H19ClN2O4S/c1-11-4-6-13(7-5-11)19-17(21)12(2)20-25(22,23)14-8-9-16(24-3)15(18)10-14/h4-10,12,20H,1-3H3,(H,19,21)/t12-/m1/s1. The Labute approximate surface area is 152 Å². The van der Waals surface area contributed by atoms with Crippen LogP contribution in [0.25, 0.3) is 0 Å². The molecule has 0 fully saturated rings. The van der Waals surface area contributed by atoms with Gasteiger partial charge in [-0.1, -0.05) is 29.3 Å². The first-order chi connectivity index (χ1) is 11.7. The van der Waals surface area contributed by atoms with Gasteiger partial charge in [0.15, 0.2) is 0 Å². The first-order valence-corrected chi connectivity index (χ1v) is 9.32. The first-order valence-electron chi connectivity index (χ1n) is 7.46. The Hall–Kier alpha value is -2.09. The maximum absolute atomic E-state index is 12.4. The molecule has 0 radical (unpaired) electrons. The van der Waals surface area contributed by atoms with Crippen molar-refractivity contribution < 1.29 is 17.9 Å². The number of methoxy groups -OCH3 is 1. The van der Waals surface area contributed by atoms with Crippen LogP contribution in [-0.4, -0.2) is 27.5 Å². The Kier molecular flexibility index (Phi) is 6.05. The van der Waals surface area contributed by atoms with Gasteiger partial charge in [0.1, 0.15) is 5.75 Å². The number of carbonyl (C=O) groups is 1. The van der Waals surface area contributed by atoms with Crippen LogP contribution in [0.5, 0.6) is 5.75 Å². The average Bonchev–Trinajstić information content (AvgIpc) is 2.56. The molecule has 2 aromatic rings. The van der Waals surface area contributed by atoms with Gasteiger partial charge in [-0.25, -0.2) is 8.42 Å². The van der Waals surface area contributed by atoms with Gasteiger partial charge in [-0.15, -0.1) is 0 Å². The highest BCUT2D eigenvalue weighted by Crippen LogP contribution is 2.26. The lowest BCUT2D eigenvalue weighted by atomic mass is 10.2. The highest BCUT2D eigenvalue weighted by Gasteiger charge is 2.23. The van der Waals surface area contributed by atoms with Gasteiger partial charge in [-0.05, 0) is 44.2 Å². The summed E-state index contributed by atoms with van der Waals surface area (Å²) >= 11 is 5.96. The highest BCUT2D eigenvalue weighted by atomic mass is 35.5. The second kappa shape index (κ2) is 7.86. The number of amides is 1. The first kappa shape index (κ1) is 19.2. The van der Waals surface area contributed by atoms with Crippen LogP contribution in [0.1, 0.15) is 12.5 Å². The summed E-state index contributed by atoms with van der Waals surface area (Å²) in [5.74, 6) is -0.0992. The summed E-state index contributed by atoms with van der Waals surface area (Å²) in [6, 6.07) is 10.3. The third kappa shape index (κ3) is 4.94. The van der Waals surface area contributed by atoms with Gasteiger partial charge in [0.05, 0.1) is 23.1 Å². The molecule has 25 heavy (non-hydrogen) atoms. The van der Waals surface area contributed by atoms with Gasteiger partial charge in [0.2, 0.25) is 15.9 Å². The van der Waals surface area contributed by atoms with Crippen molar-refractivity contribution in [3.05, 3.63) is 53.1 Å². The van der Waals surface area contributed by atoms with E-state index >= 15 is 0 Å². The van der Waals surface area contributed by atoms with Crippen LogP contribution < -0.4 is 14.8 Å². The molecule has 0 spiro atoms. The molecule has 2 rings (SSSR count). The number of sulfonamides is 1. The predicted molar refractivity (Wildman–Crippen MR) is 97.6 cm³/mol. The summed E-state index contributed by atoms with van der Waals surface area (Å²) in [6.07, 6.45) is 0. The summed E-state index contributed by atoms with van der Waals surface area (Å²) in [6.45, 7) is 3.40. The SMILES string of the molecule is COc1ccc(S(=O)(=O)N[C@H](C)C(=O)Nc2ccc(C)cc2)cc1Cl. The van der Waals surface area contributed by atoms with Crippen molar-refractivity contribution in [2.24, 2.45) is 0 Å². The van der Waals surface area contributed by atoms with E-state index in [1.165, 1.54) is 32.2 Å². The Morgan fingerprint density at radius 1 is 1.16 bits per heavy atom. The smallest absolute Gasteiger partial charge is 0.242 e. The fourth-order valence-electron chi connectivity index (χ4n) is 2.06. The molecule has 0 saturated carbocycles. The lowest BCUT2D eigenvalue weighted by Crippen LogP contribution is -2.41. The van der Waals surface area contributed by atoms with E-state index in [0.29, 0.717) is 11.4 Å². The number of carbonyl (C=O) groups excluding carboxylic acids is 1. The zero-order valence-electron chi connectivity index (χ0n) is 14.0. The second-order valence-corrected chi connectivity index (χ2v) is 7.62. The molecule has 0 saturated heterocycles. The van der Waals surface area contributed by atoms with Crippen molar-refractivity contribution in [3.8, 4) is 5.75 Å². The molecule has 1 atom stereocenters. The third-order valence-electron chi connectivity index (χ3n) is 3.48. The van der Waals surface area contributed by atoms with E-state index in [-0.39, 0.29) is 9.92 Å². The molecule has 0 aliphatic rings. The van der Waals surface area contributed by atoms with E-state index in [2.05, 4.69) is 10.0 Å². The number of aryl methyl sites for hydroxylation is 1. The number of rotatable bonds is 6. The van der Waals surface area contributed by atoms with Crippen molar-refractivity contribution >= 4 is 33.2 Å². The van der Waals surface area contributed by atoms with Gasteiger partial charge in [-0.2, -0.15) is 4.72 Å². The minimum atomic E-state index is -3.90. The fraction of sp³-hybridized carbons (Fsp3) is 0.235. The van der Waals surface area contributed by atoms with Gasteiger partial charge in [-0.3, -0.25) is 4.79 Å². The van der Waals surface area contributed by atoms with Crippen molar-refractivity contribution in [1.82, 2.24) is 4.72 Å². The van der Waals surface area contributed by atoms with Crippen LogP contribution in [0.15, 0.2) is 47.4 Å². The molecule has 0 aliphatic heterocycles. The average molecular weight is 383 g/mol. The maximum atomic E-state index is 12.4. The van der Waals surface area contributed by atoms with Crippen LogP contribution in [0, 0.1) is 6.92 Å². The molecule has 0 heterocycles. The Balaban J connectivity index is 2.09. The van der Waals surface area contributed by atoms with Crippen molar-refractivity contribution in [3.63, 3.8) is 0 Å². The maximum Gasteiger partial charge on any atom is 0.242 e. The molecule has 134 valence electrons. The number of hydrogen-bond acceptors (Lipinski definition) is 4. The van der Waals surface area contributed by atoms with E-state index in [1.807, 2.05) is 19.1 Å². The van der Waals surface area contributed by atoms with E-state index in [1.54, 1.807) is 12.1 Å². The van der Waals surface area contributed by atoms with E-state index < -0.39 is 22.0 Å². The molecule has 2 aromatic carbocycles. The lowest BCUT2D eigenvalue weighted by molar-refractivity contribution is -0.117. The zero-order valence-corrected chi connectivity index (χ0v) is 15.6. The summed E-state index contributed by atoms with van der Waals surface area (Å²) in [5.41, 5.74) is 1.65. The lowest BCUT2D eigenvalue weighted by Gasteiger charge is -2.15.